The summed E-state index contributed by atoms with van der Waals surface area (Å²) in [5, 5.41) is 19.4. The molecule has 1 unspecified atom stereocenters. The Morgan fingerprint density at radius 1 is 1.07 bits per heavy atom. The lowest BCUT2D eigenvalue weighted by atomic mass is 9.86. The minimum Gasteiger partial charge on any atom is -0.389 e. The van der Waals surface area contributed by atoms with Crippen LogP contribution in [-0.4, -0.2) is 16.3 Å². The maximum Gasteiger partial charge on any atom is 0.0852 e. The SMILES string of the molecule is OC(c1ccccc1)[C@@H]1C=C[C@H](O)CC1. The van der Waals surface area contributed by atoms with Crippen molar-refractivity contribution in [3.05, 3.63) is 48.0 Å². The second kappa shape index (κ2) is 4.60. The Balaban J connectivity index is 2.09. The van der Waals surface area contributed by atoms with Crippen molar-refractivity contribution in [2.45, 2.75) is 25.0 Å². The lowest BCUT2D eigenvalue weighted by Crippen LogP contribution is -2.18. The van der Waals surface area contributed by atoms with Crippen molar-refractivity contribution in [3.63, 3.8) is 0 Å². The third-order valence-electron chi connectivity index (χ3n) is 2.92. The molecule has 0 bridgehead atoms. The summed E-state index contributed by atoms with van der Waals surface area (Å²) in [5.41, 5.74) is 0.948. The topological polar surface area (TPSA) is 40.5 Å². The highest BCUT2D eigenvalue weighted by Gasteiger charge is 2.21. The highest BCUT2D eigenvalue weighted by atomic mass is 16.3. The van der Waals surface area contributed by atoms with Crippen molar-refractivity contribution in [3.8, 4) is 0 Å². The van der Waals surface area contributed by atoms with E-state index in [4.69, 9.17) is 0 Å². The van der Waals surface area contributed by atoms with E-state index in [0.717, 1.165) is 18.4 Å². The van der Waals surface area contributed by atoms with Gasteiger partial charge in [-0.3, -0.25) is 0 Å². The van der Waals surface area contributed by atoms with Gasteiger partial charge in [0.2, 0.25) is 0 Å². The van der Waals surface area contributed by atoms with Gasteiger partial charge in [0.15, 0.2) is 0 Å². The largest absolute Gasteiger partial charge is 0.389 e. The van der Waals surface area contributed by atoms with Gasteiger partial charge >= 0.3 is 0 Å². The van der Waals surface area contributed by atoms with Crippen LogP contribution >= 0.6 is 0 Å². The van der Waals surface area contributed by atoms with Crippen LogP contribution in [-0.2, 0) is 0 Å². The second-order valence-corrected chi connectivity index (χ2v) is 4.05. The van der Waals surface area contributed by atoms with Gasteiger partial charge in [-0.15, -0.1) is 0 Å². The maximum absolute atomic E-state index is 10.1. The van der Waals surface area contributed by atoms with Gasteiger partial charge in [0.1, 0.15) is 0 Å². The molecular formula is C13H16O2. The van der Waals surface area contributed by atoms with Gasteiger partial charge in [-0.25, -0.2) is 0 Å². The van der Waals surface area contributed by atoms with Gasteiger partial charge in [0.05, 0.1) is 12.2 Å². The lowest BCUT2D eigenvalue weighted by molar-refractivity contribution is 0.106. The molecule has 2 heteroatoms. The molecule has 0 aliphatic heterocycles. The molecule has 2 nitrogen and oxygen atoms in total. The molecule has 0 radical (unpaired) electrons. The molecule has 0 aromatic heterocycles. The van der Waals surface area contributed by atoms with Crippen molar-refractivity contribution in [2.24, 2.45) is 5.92 Å². The summed E-state index contributed by atoms with van der Waals surface area (Å²) in [6.07, 6.45) is 4.50. The number of aliphatic hydroxyl groups is 2. The third-order valence-corrected chi connectivity index (χ3v) is 2.92. The van der Waals surface area contributed by atoms with Gasteiger partial charge in [0.25, 0.3) is 0 Å². The molecule has 15 heavy (non-hydrogen) atoms. The Hall–Kier alpha value is -1.12. The molecule has 0 amide bonds. The Bertz CT molecular complexity index is 332. The van der Waals surface area contributed by atoms with Gasteiger partial charge in [-0.1, -0.05) is 42.5 Å². The van der Waals surface area contributed by atoms with Crippen LogP contribution in [0, 0.1) is 5.92 Å². The average molecular weight is 204 g/mol. The van der Waals surface area contributed by atoms with E-state index in [1.807, 2.05) is 36.4 Å². The van der Waals surface area contributed by atoms with Crippen LogP contribution < -0.4 is 0 Å². The fourth-order valence-electron chi connectivity index (χ4n) is 1.99. The first-order valence-electron chi connectivity index (χ1n) is 5.37. The van der Waals surface area contributed by atoms with Crippen LogP contribution in [0.5, 0.6) is 0 Å². The summed E-state index contributed by atoms with van der Waals surface area (Å²) in [6, 6.07) is 9.67. The first kappa shape index (κ1) is 10.4. The zero-order valence-corrected chi connectivity index (χ0v) is 8.58. The van der Waals surface area contributed by atoms with E-state index in [-0.39, 0.29) is 12.0 Å². The number of rotatable bonds is 2. The fraction of sp³-hybridized carbons (Fsp3) is 0.385. The summed E-state index contributed by atoms with van der Waals surface area (Å²) in [5.74, 6) is 0.135. The van der Waals surface area contributed by atoms with E-state index in [0.29, 0.717) is 0 Å². The minimum absolute atomic E-state index is 0.135. The number of aliphatic hydroxyl groups excluding tert-OH is 2. The molecule has 1 aromatic carbocycles. The molecule has 0 spiro atoms. The number of hydrogen-bond donors (Lipinski definition) is 2. The Labute approximate surface area is 89.9 Å². The number of hydrogen-bond acceptors (Lipinski definition) is 2. The van der Waals surface area contributed by atoms with Gasteiger partial charge < -0.3 is 10.2 Å². The average Bonchev–Trinajstić information content (AvgIpc) is 2.30. The number of benzene rings is 1. The van der Waals surface area contributed by atoms with Gasteiger partial charge in [0, 0.05) is 5.92 Å². The molecule has 80 valence electrons. The van der Waals surface area contributed by atoms with Crippen molar-refractivity contribution < 1.29 is 10.2 Å². The quantitative estimate of drug-likeness (QED) is 0.724. The van der Waals surface area contributed by atoms with Gasteiger partial charge in [-0.2, -0.15) is 0 Å². The molecule has 0 saturated heterocycles. The first-order valence-corrected chi connectivity index (χ1v) is 5.37. The monoisotopic (exact) mass is 204 g/mol. The van der Waals surface area contributed by atoms with E-state index >= 15 is 0 Å². The van der Waals surface area contributed by atoms with Crippen LogP contribution in [0.25, 0.3) is 0 Å². The van der Waals surface area contributed by atoms with Crippen LogP contribution in [0.15, 0.2) is 42.5 Å². The van der Waals surface area contributed by atoms with Crippen molar-refractivity contribution in [1.82, 2.24) is 0 Å². The molecular weight excluding hydrogens is 188 g/mol. The standard InChI is InChI=1S/C13H16O2/c14-12-8-6-11(7-9-12)13(15)10-4-2-1-3-5-10/h1-6,8,11-15H,7,9H2/t11-,12+,13?/m1/s1. The van der Waals surface area contributed by atoms with E-state index < -0.39 is 6.10 Å². The smallest absolute Gasteiger partial charge is 0.0852 e. The van der Waals surface area contributed by atoms with E-state index in [1.54, 1.807) is 6.08 Å². The molecule has 1 aliphatic rings. The molecule has 2 rings (SSSR count). The minimum atomic E-state index is -0.449. The van der Waals surface area contributed by atoms with Gasteiger partial charge in [-0.05, 0) is 18.4 Å². The van der Waals surface area contributed by atoms with Crippen molar-refractivity contribution in [2.75, 3.05) is 0 Å². The van der Waals surface area contributed by atoms with E-state index in [1.165, 1.54) is 0 Å². The van der Waals surface area contributed by atoms with Crippen LogP contribution in [0.1, 0.15) is 24.5 Å². The predicted molar refractivity (Wildman–Crippen MR) is 59.3 cm³/mol. The van der Waals surface area contributed by atoms with E-state index in [9.17, 15) is 10.2 Å². The molecule has 1 aromatic rings. The maximum atomic E-state index is 10.1. The van der Waals surface area contributed by atoms with Crippen LogP contribution in [0.4, 0.5) is 0 Å². The normalized spacial score (nSPS) is 27.6. The van der Waals surface area contributed by atoms with Crippen molar-refractivity contribution in [1.29, 1.82) is 0 Å². The molecule has 0 fully saturated rings. The Morgan fingerprint density at radius 2 is 1.80 bits per heavy atom. The lowest BCUT2D eigenvalue weighted by Gasteiger charge is -2.24. The van der Waals surface area contributed by atoms with Crippen molar-refractivity contribution >= 4 is 0 Å². The molecule has 0 saturated carbocycles. The summed E-state index contributed by atoms with van der Waals surface area (Å²) < 4.78 is 0. The summed E-state index contributed by atoms with van der Waals surface area (Å²) >= 11 is 0. The zero-order chi connectivity index (χ0) is 10.7. The highest BCUT2D eigenvalue weighted by molar-refractivity contribution is 5.20. The third kappa shape index (κ3) is 2.46. The summed E-state index contributed by atoms with van der Waals surface area (Å²) in [7, 11) is 0. The van der Waals surface area contributed by atoms with Crippen LogP contribution in [0.3, 0.4) is 0 Å². The first-order chi connectivity index (χ1) is 7.27. The van der Waals surface area contributed by atoms with E-state index in [2.05, 4.69) is 0 Å². The molecule has 1 aliphatic carbocycles. The predicted octanol–water partition coefficient (Wildman–Crippen LogP) is 2.05. The summed E-state index contributed by atoms with van der Waals surface area (Å²) in [6.45, 7) is 0. The summed E-state index contributed by atoms with van der Waals surface area (Å²) in [4.78, 5) is 0. The van der Waals surface area contributed by atoms with Crippen LogP contribution in [0.2, 0.25) is 0 Å². The Kier molecular flexibility index (Phi) is 3.19. The molecule has 0 heterocycles. The highest BCUT2D eigenvalue weighted by Crippen LogP contribution is 2.30. The zero-order valence-electron chi connectivity index (χ0n) is 8.58. The fourth-order valence-corrected chi connectivity index (χ4v) is 1.99. The second-order valence-electron chi connectivity index (χ2n) is 4.05. The molecule has 2 N–H and O–H groups in total. The Morgan fingerprint density at radius 3 is 2.40 bits per heavy atom. The molecule has 3 atom stereocenters.